The molecule has 2 N–H and O–H groups in total. The van der Waals surface area contributed by atoms with Gasteiger partial charge in [-0.2, -0.15) is 0 Å². The molecule has 0 heterocycles. The van der Waals surface area contributed by atoms with E-state index in [-0.39, 0.29) is 18.4 Å². The third-order valence-electron chi connectivity index (χ3n) is 3.12. The van der Waals surface area contributed by atoms with Gasteiger partial charge in [-0.05, 0) is 23.5 Å². The van der Waals surface area contributed by atoms with Crippen LogP contribution in [0.1, 0.15) is 24.5 Å². The third-order valence-corrected chi connectivity index (χ3v) is 3.12. The Hall–Kier alpha value is -1.35. The number of hydrogen-bond donors (Lipinski definition) is 2. The smallest absolute Gasteiger partial charge is 0.223 e. The van der Waals surface area contributed by atoms with Gasteiger partial charge in [-0.1, -0.05) is 31.2 Å². The van der Waals surface area contributed by atoms with E-state index in [0.717, 1.165) is 17.5 Å². The minimum Gasteiger partial charge on any atom is -0.392 e. The van der Waals surface area contributed by atoms with Gasteiger partial charge in [0.25, 0.3) is 0 Å². The summed E-state index contributed by atoms with van der Waals surface area (Å²) >= 11 is 0. The second kappa shape index (κ2) is 4.66. The van der Waals surface area contributed by atoms with Gasteiger partial charge in [0, 0.05) is 12.5 Å². The Kier molecular flexibility index (Phi) is 3.25. The van der Waals surface area contributed by atoms with Crippen molar-refractivity contribution in [2.24, 2.45) is 11.8 Å². The van der Waals surface area contributed by atoms with Crippen LogP contribution in [0.25, 0.3) is 0 Å². The van der Waals surface area contributed by atoms with Crippen molar-refractivity contribution in [3.8, 4) is 0 Å². The summed E-state index contributed by atoms with van der Waals surface area (Å²) in [6, 6.07) is 7.62. The topological polar surface area (TPSA) is 49.3 Å². The lowest BCUT2D eigenvalue weighted by Crippen LogP contribution is -2.24. The zero-order chi connectivity index (χ0) is 11.5. The Morgan fingerprint density at radius 3 is 2.44 bits per heavy atom. The van der Waals surface area contributed by atoms with Gasteiger partial charge >= 0.3 is 0 Å². The van der Waals surface area contributed by atoms with E-state index in [0.29, 0.717) is 12.5 Å². The molecular weight excluding hydrogens is 202 g/mol. The van der Waals surface area contributed by atoms with E-state index >= 15 is 0 Å². The van der Waals surface area contributed by atoms with Crippen LogP contribution < -0.4 is 5.32 Å². The van der Waals surface area contributed by atoms with Gasteiger partial charge in [0.1, 0.15) is 0 Å². The summed E-state index contributed by atoms with van der Waals surface area (Å²) in [6.07, 6.45) is 1.02. The Morgan fingerprint density at radius 1 is 1.38 bits per heavy atom. The number of amides is 1. The average Bonchev–Trinajstić information content (AvgIpc) is 3.04. The van der Waals surface area contributed by atoms with Crippen molar-refractivity contribution in [3.05, 3.63) is 35.4 Å². The van der Waals surface area contributed by atoms with Crippen LogP contribution in [-0.4, -0.2) is 11.0 Å². The Morgan fingerprint density at radius 2 is 1.94 bits per heavy atom. The first-order chi connectivity index (χ1) is 7.70. The number of aliphatic hydroxyl groups excluding tert-OH is 1. The first-order valence-electron chi connectivity index (χ1n) is 5.67. The molecule has 0 saturated heterocycles. The van der Waals surface area contributed by atoms with Crippen LogP contribution in [-0.2, 0) is 17.9 Å². The van der Waals surface area contributed by atoms with Crippen molar-refractivity contribution in [2.45, 2.75) is 26.5 Å². The largest absolute Gasteiger partial charge is 0.392 e. The van der Waals surface area contributed by atoms with Crippen molar-refractivity contribution in [1.82, 2.24) is 5.32 Å². The van der Waals surface area contributed by atoms with Crippen molar-refractivity contribution < 1.29 is 9.90 Å². The predicted molar refractivity (Wildman–Crippen MR) is 61.5 cm³/mol. The van der Waals surface area contributed by atoms with Crippen LogP contribution in [0.2, 0.25) is 0 Å². The van der Waals surface area contributed by atoms with E-state index in [1.54, 1.807) is 0 Å². The average molecular weight is 219 g/mol. The molecule has 0 spiro atoms. The molecule has 1 aromatic rings. The van der Waals surface area contributed by atoms with Crippen LogP contribution in [0.4, 0.5) is 0 Å². The van der Waals surface area contributed by atoms with Crippen LogP contribution in [0.15, 0.2) is 24.3 Å². The number of nitrogens with one attached hydrogen (secondary N) is 1. The van der Waals surface area contributed by atoms with Gasteiger partial charge in [0.05, 0.1) is 6.61 Å². The lowest BCUT2D eigenvalue weighted by Gasteiger charge is -2.05. The standard InChI is InChI=1S/C13H17NO2/c1-9-6-12(9)13(16)14-7-10-2-4-11(8-15)5-3-10/h2-5,9,12,15H,6-8H2,1H3,(H,14,16). The van der Waals surface area contributed by atoms with E-state index in [4.69, 9.17) is 5.11 Å². The third kappa shape index (κ3) is 2.61. The molecular formula is C13H17NO2. The van der Waals surface area contributed by atoms with E-state index in [1.165, 1.54) is 0 Å². The molecule has 1 aliphatic rings. The minimum absolute atomic E-state index is 0.0617. The van der Waals surface area contributed by atoms with Gasteiger partial charge in [0.2, 0.25) is 5.91 Å². The van der Waals surface area contributed by atoms with Crippen LogP contribution >= 0.6 is 0 Å². The summed E-state index contributed by atoms with van der Waals surface area (Å²) in [6.45, 7) is 2.74. The molecule has 1 amide bonds. The maximum Gasteiger partial charge on any atom is 0.223 e. The molecule has 2 unspecified atom stereocenters. The number of benzene rings is 1. The monoisotopic (exact) mass is 219 g/mol. The number of aliphatic hydroxyl groups is 1. The number of carbonyl (C=O) groups is 1. The molecule has 86 valence electrons. The van der Waals surface area contributed by atoms with E-state index in [9.17, 15) is 4.79 Å². The lowest BCUT2D eigenvalue weighted by molar-refractivity contribution is -0.122. The molecule has 3 nitrogen and oxygen atoms in total. The molecule has 3 heteroatoms. The van der Waals surface area contributed by atoms with Crippen molar-refractivity contribution in [3.63, 3.8) is 0 Å². The highest BCUT2D eigenvalue weighted by Crippen LogP contribution is 2.37. The van der Waals surface area contributed by atoms with E-state index < -0.39 is 0 Å². The molecule has 0 bridgehead atoms. The summed E-state index contributed by atoms with van der Waals surface area (Å²) in [5, 5.41) is 11.8. The molecule has 0 radical (unpaired) electrons. The Labute approximate surface area is 95.5 Å². The van der Waals surface area contributed by atoms with Gasteiger partial charge in [-0.3, -0.25) is 4.79 Å². The maximum atomic E-state index is 11.6. The maximum absolute atomic E-state index is 11.6. The fourth-order valence-electron chi connectivity index (χ4n) is 1.77. The zero-order valence-electron chi connectivity index (χ0n) is 9.44. The highest BCUT2D eigenvalue weighted by Gasteiger charge is 2.38. The predicted octanol–water partition coefficient (Wildman–Crippen LogP) is 1.45. The van der Waals surface area contributed by atoms with Crippen molar-refractivity contribution in [1.29, 1.82) is 0 Å². The summed E-state index contributed by atoms with van der Waals surface area (Å²) in [4.78, 5) is 11.6. The Balaban J connectivity index is 1.82. The molecule has 2 rings (SSSR count). The van der Waals surface area contributed by atoms with Crippen LogP contribution in [0, 0.1) is 11.8 Å². The summed E-state index contributed by atoms with van der Waals surface area (Å²) in [5.74, 6) is 0.951. The summed E-state index contributed by atoms with van der Waals surface area (Å²) < 4.78 is 0. The van der Waals surface area contributed by atoms with Gasteiger partial charge < -0.3 is 10.4 Å². The van der Waals surface area contributed by atoms with Crippen molar-refractivity contribution in [2.75, 3.05) is 0 Å². The molecule has 1 aromatic carbocycles. The fourth-order valence-corrected chi connectivity index (χ4v) is 1.77. The summed E-state index contributed by atoms with van der Waals surface area (Å²) in [5.41, 5.74) is 1.96. The quantitative estimate of drug-likeness (QED) is 0.805. The van der Waals surface area contributed by atoms with Crippen LogP contribution in [0.3, 0.4) is 0 Å². The van der Waals surface area contributed by atoms with Gasteiger partial charge in [-0.15, -0.1) is 0 Å². The number of rotatable bonds is 4. The van der Waals surface area contributed by atoms with Gasteiger partial charge in [0.15, 0.2) is 0 Å². The molecule has 0 aromatic heterocycles. The highest BCUT2D eigenvalue weighted by atomic mass is 16.3. The number of hydrogen-bond acceptors (Lipinski definition) is 2. The molecule has 1 saturated carbocycles. The fraction of sp³-hybridized carbons (Fsp3) is 0.462. The SMILES string of the molecule is CC1CC1C(=O)NCc1ccc(CO)cc1. The minimum atomic E-state index is 0.0617. The molecule has 16 heavy (non-hydrogen) atoms. The Bertz CT molecular complexity index is 372. The molecule has 2 atom stereocenters. The number of carbonyl (C=O) groups excluding carboxylic acids is 1. The molecule has 0 aliphatic heterocycles. The van der Waals surface area contributed by atoms with Gasteiger partial charge in [-0.25, -0.2) is 0 Å². The first-order valence-corrected chi connectivity index (χ1v) is 5.67. The lowest BCUT2D eigenvalue weighted by atomic mass is 10.1. The summed E-state index contributed by atoms with van der Waals surface area (Å²) in [7, 11) is 0. The highest BCUT2D eigenvalue weighted by molar-refractivity contribution is 5.81. The van der Waals surface area contributed by atoms with Crippen molar-refractivity contribution >= 4 is 5.91 Å². The van der Waals surface area contributed by atoms with E-state index in [1.807, 2.05) is 24.3 Å². The van der Waals surface area contributed by atoms with E-state index in [2.05, 4.69) is 12.2 Å². The normalized spacial score (nSPS) is 22.9. The second-order valence-electron chi connectivity index (χ2n) is 4.51. The first kappa shape index (κ1) is 11.1. The zero-order valence-corrected chi connectivity index (χ0v) is 9.44. The molecule has 1 aliphatic carbocycles. The second-order valence-corrected chi connectivity index (χ2v) is 4.51. The van der Waals surface area contributed by atoms with Crippen LogP contribution in [0.5, 0.6) is 0 Å². The molecule has 1 fully saturated rings.